The summed E-state index contributed by atoms with van der Waals surface area (Å²) in [6.45, 7) is 8.23. The van der Waals surface area contributed by atoms with Crippen molar-refractivity contribution in [3.8, 4) is 0 Å². The molecule has 0 aromatic heterocycles. The van der Waals surface area contributed by atoms with Crippen LogP contribution < -0.4 is 0 Å². The Morgan fingerprint density at radius 1 is 1.39 bits per heavy atom. The van der Waals surface area contributed by atoms with E-state index in [0.29, 0.717) is 13.2 Å². The summed E-state index contributed by atoms with van der Waals surface area (Å²) in [5.41, 5.74) is 3.72. The van der Waals surface area contributed by atoms with Gasteiger partial charge in [-0.2, -0.15) is 0 Å². The summed E-state index contributed by atoms with van der Waals surface area (Å²) in [5.74, 6) is 0. The zero-order valence-corrected chi connectivity index (χ0v) is 11.2. The van der Waals surface area contributed by atoms with E-state index in [2.05, 4.69) is 36.6 Å². The van der Waals surface area contributed by atoms with Crippen molar-refractivity contribution in [2.24, 2.45) is 0 Å². The molecule has 1 aromatic rings. The molecule has 18 heavy (non-hydrogen) atoms. The fourth-order valence-corrected chi connectivity index (χ4v) is 2.09. The van der Waals surface area contributed by atoms with E-state index in [-0.39, 0.29) is 6.29 Å². The summed E-state index contributed by atoms with van der Waals surface area (Å²) in [5, 5.41) is 0. The third-order valence-electron chi connectivity index (χ3n) is 3.27. The fraction of sp³-hybridized carbons (Fsp3) is 0.467. The van der Waals surface area contributed by atoms with Crippen molar-refractivity contribution in [3.05, 3.63) is 47.7 Å². The standard InChI is InChI=1S/C15H21NO2/c1-4-16(3)8-7-13-5-6-14(12(2)11-13)15-17-9-10-18-15/h4-6,11,15H,1,7-10H2,2-3H3. The van der Waals surface area contributed by atoms with Gasteiger partial charge in [-0.15, -0.1) is 0 Å². The minimum absolute atomic E-state index is 0.171. The lowest BCUT2D eigenvalue weighted by atomic mass is 10.0. The molecule has 0 amide bonds. The highest BCUT2D eigenvalue weighted by Gasteiger charge is 2.19. The maximum absolute atomic E-state index is 5.53. The molecule has 0 spiro atoms. The number of hydrogen-bond donors (Lipinski definition) is 0. The maximum Gasteiger partial charge on any atom is 0.184 e. The van der Waals surface area contributed by atoms with Crippen LogP contribution in [0.4, 0.5) is 0 Å². The normalized spacial score (nSPS) is 15.9. The van der Waals surface area contributed by atoms with Crippen LogP contribution in [0.15, 0.2) is 31.0 Å². The van der Waals surface area contributed by atoms with Crippen LogP contribution in [0.2, 0.25) is 0 Å². The van der Waals surface area contributed by atoms with Crippen molar-refractivity contribution in [1.82, 2.24) is 4.90 Å². The van der Waals surface area contributed by atoms with E-state index < -0.39 is 0 Å². The van der Waals surface area contributed by atoms with Crippen LogP contribution in [-0.2, 0) is 15.9 Å². The molecule has 3 nitrogen and oxygen atoms in total. The van der Waals surface area contributed by atoms with Crippen LogP contribution in [0, 0.1) is 6.92 Å². The number of hydrogen-bond acceptors (Lipinski definition) is 3. The van der Waals surface area contributed by atoms with Crippen molar-refractivity contribution in [2.75, 3.05) is 26.8 Å². The smallest absolute Gasteiger partial charge is 0.184 e. The average molecular weight is 247 g/mol. The number of aryl methyl sites for hydroxylation is 1. The van der Waals surface area contributed by atoms with Gasteiger partial charge in [0.05, 0.1) is 13.2 Å². The zero-order valence-electron chi connectivity index (χ0n) is 11.2. The fourth-order valence-electron chi connectivity index (χ4n) is 2.09. The largest absolute Gasteiger partial charge is 0.381 e. The number of nitrogens with zero attached hydrogens (tertiary/aromatic N) is 1. The molecule has 1 saturated heterocycles. The molecule has 0 radical (unpaired) electrons. The summed E-state index contributed by atoms with van der Waals surface area (Å²) in [7, 11) is 2.04. The SMILES string of the molecule is C=CN(C)CCc1ccc(C2OCCO2)c(C)c1. The minimum atomic E-state index is -0.171. The lowest BCUT2D eigenvalue weighted by Gasteiger charge is -2.16. The second kappa shape index (κ2) is 6.03. The molecule has 0 saturated carbocycles. The summed E-state index contributed by atoms with van der Waals surface area (Å²) in [6, 6.07) is 6.50. The first-order chi connectivity index (χ1) is 8.70. The van der Waals surface area contributed by atoms with Crippen molar-refractivity contribution in [2.45, 2.75) is 19.6 Å². The third kappa shape index (κ3) is 3.12. The van der Waals surface area contributed by atoms with Crippen LogP contribution in [0.3, 0.4) is 0 Å². The molecule has 1 aromatic carbocycles. The Morgan fingerprint density at radius 2 is 2.11 bits per heavy atom. The van der Waals surface area contributed by atoms with E-state index in [4.69, 9.17) is 9.47 Å². The first-order valence-corrected chi connectivity index (χ1v) is 6.36. The molecule has 0 bridgehead atoms. The van der Waals surface area contributed by atoms with Crippen molar-refractivity contribution >= 4 is 0 Å². The molecule has 2 rings (SSSR count). The number of ether oxygens (including phenoxy) is 2. The Morgan fingerprint density at radius 3 is 2.72 bits per heavy atom. The molecule has 1 heterocycles. The van der Waals surface area contributed by atoms with Gasteiger partial charge in [0, 0.05) is 19.2 Å². The molecule has 1 fully saturated rings. The Kier molecular flexibility index (Phi) is 4.39. The average Bonchev–Trinajstić information content (AvgIpc) is 2.89. The van der Waals surface area contributed by atoms with Crippen LogP contribution in [0.1, 0.15) is 23.0 Å². The van der Waals surface area contributed by atoms with Gasteiger partial charge in [0.2, 0.25) is 0 Å². The molecule has 3 heteroatoms. The van der Waals surface area contributed by atoms with E-state index in [1.165, 1.54) is 11.1 Å². The Balaban J connectivity index is 2.02. The Bertz CT molecular complexity index is 411. The molecule has 0 unspecified atom stereocenters. The van der Waals surface area contributed by atoms with Crippen molar-refractivity contribution in [1.29, 1.82) is 0 Å². The zero-order chi connectivity index (χ0) is 13.0. The van der Waals surface area contributed by atoms with Crippen LogP contribution in [0.5, 0.6) is 0 Å². The second-order valence-electron chi connectivity index (χ2n) is 4.68. The van der Waals surface area contributed by atoms with Gasteiger partial charge in [-0.05, 0) is 30.7 Å². The lowest BCUT2D eigenvalue weighted by molar-refractivity contribution is -0.0445. The maximum atomic E-state index is 5.53. The Labute approximate surface area is 109 Å². The molecule has 0 atom stereocenters. The van der Waals surface area contributed by atoms with Gasteiger partial charge in [-0.3, -0.25) is 0 Å². The molecule has 0 aliphatic carbocycles. The van der Waals surface area contributed by atoms with E-state index in [1.54, 1.807) is 0 Å². The molecular weight excluding hydrogens is 226 g/mol. The van der Waals surface area contributed by atoms with Gasteiger partial charge in [-0.25, -0.2) is 0 Å². The number of benzene rings is 1. The second-order valence-corrected chi connectivity index (χ2v) is 4.68. The highest BCUT2D eigenvalue weighted by Crippen LogP contribution is 2.26. The highest BCUT2D eigenvalue weighted by molar-refractivity contribution is 5.32. The topological polar surface area (TPSA) is 21.7 Å². The van der Waals surface area contributed by atoms with Crippen LogP contribution in [-0.4, -0.2) is 31.7 Å². The summed E-state index contributed by atoms with van der Waals surface area (Å²) in [6.07, 6.45) is 2.70. The quantitative estimate of drug-likeness (QED) is 0.798. The van der Waals surface area contributed by atoms with E-state index in [1.807, 2.05) is 13.2 Å². The van der Waals surface area contributed by atoms with E-state index >= 15 is 0 Å². The van der Waals surface area contributed by atoms with Crippen molar-refractivity contribution in [3.63, 3.8) is 0 Å². The number of likely N-dealkylation sites (N-methyl/N-ethyl adjacent to an activating group) is 1. The van der Waals surface area contributed by atoms with Gasteiger partial charge in [0.15, 0.2) is 6.29 Å². The summed E-state index contributed by atoms with van der Waals surface area (Å²) in [4.78, 5) is 2.09. The van der Waals surface area contributed by atoms with Gasteiger partial charge < -0.3 is 14.4 Å². The minimum Gasteiger partial charge on any atom is -0.381 e. The van der Waals surface area contributed by atoms with Gasteiger partial charge in [0.1, 0.15) is 0 Å². The lowest BCUT2D eigenvalue weighted by Crippen LogP contribution is -2.14. The number of rotatable bonds is 5. The molecule has 1 aliphatic heterocycles. The molecule has 1 aliphatic rings. The van der Waals surface area contributed by atoms with Crippen LogP contribution in [0.25, 0.3) is 0 Å². The molecule has 0 N–H and O–H groups in total. The van der Waals surface area contributed by atoms with Gasteiger partial charge in [-0.1, -0.05) is 24.8 Å². The summed E-state index contributed by atoms with van der Waals surface area (Å²) < 4.78 is 11.1. The Hall–Kier alpha value is -1.32. The first kappa shape index (κ1) is 13.1. The van der Waals surface area contributed by atoms with Gasteiger partial charge >= 0.3 is 0 Å². The van der Waals surface area contributed by atoms with Gasteiger partial charge in [0.25, 0.3) is 0 Å². The monoisotopic (exact) mass is 247 g/mol. The van der Waals surface area contributed by atoms with E-state index in [0.717, 1.165) is 18.5 Å². The molecular formula is C15H21NO2. The van der Waals surface area contributed by atoms with Crippen LogP contribution >= 0.6 is 0 Å². The first-order valence-electron chi connectivity index (χ1n) is 6.36. The predicted molar refractivity (Wildman–Crippen MR) is 72.4 cm³/mol. The van der Waals surface area contributed by atoms with Crippen molar-refractivity contribution < 1.29 is 9.47 Å². The molecule has 98 valence electrons. The van der Waals surface area contributed by atoms with E-state index in [9.17, 15) is 0 Å². The predicted octanol–water partition coefficient (Wildman–Crippen LogP) is 2.66. The highest BCUT2D eigenvalue weighted by atomic mass is 16.7. The third-order valence-corrected chi connectivity index (χ3v) is 3.27. The summed E-state index contributed by atoms with van der Waals surface area (Å²) >= 11 is 0.